The summed E-state index contributed by atoms with van der Waals surface area (Å²) >= 11 is 1.89. The number of nitrogens with zero attached hydrogens (tertiary/aromatic N) is 2. The van der Waals surface area contributed by atoms with E-state index in [2.05, 4.69) is 188 Å². The Balaban J connectivity index is 1.08. The molecule has 0 fully saturated rings. The molecule has 1 aromatic heterocycles. The summed E-state index contributed by atoms with van der Waals surface area (Å²) in [6.45, 7) is 0. The van der Waals surface area contributed by atoms with Crippen LogP contribution in [0.25, 0.3) is 67.3 Å². The summed E-state index contributed by atoms with van der Waals surface area (Å²) in [6, 6.07) is 74.4. The number of hydrogen-bond donors (Lipinski definition) is 0. The van der Waals surface area contributed by atoms with Crippen molar-refractivity contribution in [1.29, 1.82) is 0 Å². The van der Waals surface area contributed by atoms with Crippen LogP contribution in [-0.2, 0) is 5.41 Å². The van der Waals surface area contributed by atoms with Gasteiger partial charge in [0.15, 0.2) is 5.82 Å². The van der Waals surface area contributed by atoms with Crippen molar-refractivity contribution in [3.63, 3.8) is 0 Å². The van der Waals surface area contributed by atoms with Gasteiger partial charge in [-0.3, -0.25) is 0 Å². The van der Waals surface area contributed by atoms with Crippen LogP contribution in [0.3, 0.4) is 0 Å². The van der Waals surface area contributed by atoms with E-state index in [0.29, 0.717) is 5.82 Å². The van der Waals surface area contributed by atoms with Crippen molar-refractivity contribution in [2.24, 2.45) is 0 Å². The Kier molecular flexibility index (Phi) is 7.68. The summed E-state index contributed by atoms with van der Waals surface area (Å²) in [5, 5.41) is 0. The fraction of sp³-hybridized carbons (Fsp3) is 0.0189. The SMILES string of the molecule is c1ccc(-c2cccc(-c3cc(-c4cccc(-c5cccc6c5Sc5ccccc5C65c6ccccc6-c6ccccc65)c4)nc(-c4ccccc4)n3)c2)cc1. The van der Waals surface area contributed by atoms with Crippen LogP contribution >= 0.6 is 11.8 Å². The highest BCUT2D eigenvalue weighted by atomic mass is 32.2. The quantitative estimate of drug-likeness (QED) is 0.176. The Labute approximate surface area is 331 Å². The molecule has 2 aliphatic rings. The van der Waals surface area contributed by atoms with E-state index in [9.17, 15) is 0 Å². The average Bonchev–Trinajstić information content (AvgIpc) is 3.57. The third-order valence-corrected chi connectivity index (χ3v) is 12.6. The van der Waals surface area contributed by atoms with Crippen molar-refractivity contribution in [3.05, 3.63) is 229 Å². The van der Waals surface area contributed by atoms with E-state index in [-0.39, 0.29) is 0 Å². The lowest BCUT2D eigenvalue weighted by Gasteiger charge is -2.40. The minimum Gasteiger partial charge on any atom is -0.228 e. The smallest absolute Gasteiger partial charge is 0.160 e. The minimum absolute atomic E-state index is 0.418. The maximum atomic E-state index is 5.22. The minimum atomic E-state index is -0.418. The molecule has 0 N–H and O–H groups in total. The zero-order valence-corrected chi connectivity index (χ0v) is 31.2. The normalized spacial score (nSPS) is 13.1. The van der Waals surface area contributed by atoms with Crippen LogP contribution in [0.4, 0.5) is 0 Å². The molecular weight excluding hydrogens is 697 g/mol. The number of hydrogen-bond acceptors (Lipinski definition) is 3. The van der Waals surface area contributed by atoms with E-state index in [1.54, 1.807) is 0 Å². The van der Waals surface area contributed by atoms with Gasteiger partial charge in [-0.1, -0.05) is 194 Å². The molecule has 0 saturated carbocycles. The van der Waals surface area contributed by atoms with E-state index >= 15 is 0 Å². The Morgan fingerprint density at radius 3 is 1.46 bits per heavy atom. The van der Waals surface area contributed by atoms with Crippen LogP contribution < -0.4 is 0 Å². The second-order valence-electron chi connectivity index (χ2n) is 14.5. The molecule has 9 aromatic rings. The lowest BCUT2D eigenvalue weighted by molar-refractivity contribution is 0.723. The van der Waals surface area contributed by atoms with Crippen molar-refractivity contribution in [2.45, 2.75) is 15.2 Å². The van der Waals surface area contributed by atoms with E-state index in [1.165, 1.54) is 54.3 Å². The number of fused-ring (bicyclic) bond motifs is 9. The van der Waals surface area contributed by atoms with E-state index in [4.69, 9.17) is 9.97 Å². The van der Waals surface area contributed by atoms with Crippen molar-refractivity contribution in [2.75, 3.05) is 0 Å². The molecule has 11 rings (SSSR count). The molecule has 0 bridgehead atoms. The first-order valence-corrected chi connectivity index (χ1v) is 19.9. The predicted octanol–water partition coefficient (Wildman–Crippen LogP) is 13.6. The topological polar surface area (TPSA) is 25.8 Å². The van der Waals surface area contributed by atoms with Crippen LogP contribution in [0, 0.1) is 0 Å². The molecule has 0 atom stereocenters. The first-order valence-electron chi connectivity index (χ1n) is 19.1. The molecule has 0 unspecified atom stereocenters. The molecule has 1 spiro atoms. The Bertz CT molecular complexity index is 2910. The van der Waals surface area contributed by atoms with Gasteiger partial charge in [0.05, 0.1) is 16.8 Å². The first-order chi connectivity index (χ1) is 27.8. The summed E-state index contributed by atoms with van der Waals surface area (Å²) in [4.78, 5) is 13.0. The second kappa shape index (κ2) is 13.2. The van der Waals surface area contributed by atoms with Crippen LogP contribution in [0.5, 0.6) is 0 Å². The van der Waals surface area contributed by atoms with Crippen molar-refractivity contribution < 1.29 is 0 Å². The second-order valence-corrected chi connectivity index (χ2v) is 15.5. The van der Waals surface area contributed by atoms with Gasteiger partial charge in [0.1, 0.15) is 0 Å². The van der Waals surface area contributed by atoms with Gasteiger partial charge in [0, 0.05) is 26.5 Å². The molecule has 2 nitrogen and oxygen atoms in total. The Morgan fingerprint density at radius 2 is 0.786 bits per heavy atom. The highest BCUT2D eigenvalue weighted by Crippen LogP contribution is 2.63. The molecule has 2 heterocycles. The van der Waals surface area contributed by atoms with Gasteiger partial charge in [-0.2, -0.15) is 0 Å². The van der Waals surface area contributed by atoms with Gasteiger partial charge in [0.2, 0.25) is 0 Å². The molecule has 1 aliphatic carbocycles. The van der Waals surface area contributed by atoms with Crippen LogP contribution in [0.1, 0.15) is 22.3 Å². The Morgan fingerprint density at radius 1 is 0.321 bits per heavy atom. The predicted molar refractivity (Wildman–Crippen MR) is 231 cm³/mol. The molecule has 262 valence electrons. The highest BCUT2D eigenvalue weighted by molar-refractivity contribution is 7.99. The zero-order valence-electron chi connectivity index (χ0n) is 30.4. The third-order valence-electron chi connectivity index (χ3n) is 11.4. The molecule has 0 saturated heterocycles. The van der Waals surface area contributed by atoms with E-state index < -0.39 is 5.41 Å². The van der Waals surface area contributed by atoms with Gasteiger partial charge in [-0.05, 0) is 79.9 Å². The van der Waals surface area contributed by atoms with Gasteiger partial charge < -0.3 is 0 Å². The molecule has 3 heteroatoms. The Hall–Kier alpha value is -6.81. The first kappa shape index (κ1) is 32.6. The van der Waals surface area contributed by atoms with Crippen molar-refractivity contribution in [1.82, 2.24) is 9.97 Å². The molecule has 1 aliphatic heterocycles. The van der Waals surface area contributed by atoms with E-state index in [1.807, 2.05) is 30.0 Å². The van der Waals surface area contributed by atoms with Crippen LogP contribution in [0.2, 0.25) is 0 Å². The summed E-state index contributed by atoms with van der Waals surface area (Å²) in [6.07, 6.45) is 0. The molecule has 8 aromatic carbocycles. The van der Waals surface area contributed by atoms with Crippen LogP contribution in [-0.4, -0.2) is 9.97 Å². The molecule has 0 amide bonds. The highest BCUT2D eigenvalue weighted by Gasteiger charge is 2.50. The maximum Gasteiger partial charge on any atom is 0.160 e. The van der Waals surface area contributed by atoms with Gasteiger partial charge in [0.25, 0.3) is 0 Å². The molecular formula is C53H34N2S. The molecule has 0 radical (unpaired) electrons. The zero-order chi connectivity index (χ0) is 37.1. The summed E-state index contributed by atoms with van der Waals surface area (Å²) in [5.41, 5.74) is 17.2. The lowest BCUT2D eigenvalue weighted by atomic mass is 9.67. The van der Waals surface area contributed by atoms with Gasteiger partial charge in [-0.25, -0.2) is 9.97 Å². The van der Waals surface area contributed by atoms with E-state index in [0.717, 1.165) is 39.2 Å². The number of rotatable bonds is 5. The standard InChI is InChI=1S/C53H34N2S/c1-3-16-35(17-4-1)37-20-13-22-39(32-37)48-34-49(55-52(54-48)36-18-5-2-6-19-36)40-23-14-21-38(33-40)41-26-15-30-47-51(41)56-50-31-12-11-29-46(50)53(47)44-27-9-7-24-42(44)43-25-8-10-28-45(43)53/h1-34H. The number of aromatic nitrogens is 2. The average molecular weight is 731 g/mol. The van der Waals surface area contributed by atoms with Crippen LogP contribution in [0.15, 0.2) is 216 Å². The van der Waals surface area contributed by atoms with Crippen molar-refractivity contribution in [3.8, 4) is 67.3 Å². The third kappa shape index (κ3) is 5.12. The number of benzene rings is 8. The molecule has 56 heavy (non-hydrogen) atoms. The summed E-state index contributed by atoms with van der Waals surface area (Å²) in [7, 11) is 0. The monoisotopic (exact) mass is 730 g/mol. The maximum absolute atomic E-state index is 5.22. The van der Waals surface area contributed by atoms with Gasteiger partial charge >= 0.3 is 0 Å². The van der Waals surface area contributed by atoms with Crippen molar-refractivity contribution >= 4 is 11.8 Å². The fourth-order valence-electron chi connectivity index (χ4n) is 8.90. The lowest BCUT2D eigenvalue weighted by Crippen LogP contribution is -2.32. The summed E-state index contributed by atoms with van der Waals surface area (Å²) < 4.78 is 0. The van der Waals surface area contributed by atoms with Gasteiger partial charge in [-0.15, -0.1) is 0 Å². The summed E-state index contributed by atoms with van der Waals surface area (Å²) in [5.74, 6) is 0.707. The largest absolute Gasteiger partial charge is 0.228 e. The fourth-order valence-corrected chi connectivity index (χ4v) is 10.2.